The summed E-state index contributed by atoms with van der Waals surface area (Å²) in [6.07, 6.45) is 1.10. The van der Waals surface area contributed by atoms with Crippen molar-refractivity contribution in [2.75, 3.05) is 18.0 Å². The van der Waals surface area contributed by atoms with Crippen molar-refractivity contribution >= 4 is 5.69 Å². The van der Waals surface area contributed by atoms with Gasteiger partial charge in [0, 0.05) is 24.3 Å². The zero-order valence-corrected chi connectivity index (χ0v) is 9.91. The Balaban J connectivity index is 2.22. The molecule has 1 saturated heterocycles. The molecule has 0 saturated carbocycles. The van der Waals surface area contributed by atoms with Crippen LogP contribution in [0.15, 0.2) is 24.3 Å². The van der Waals surface area contributed by atoms with E-state index in [1.54, 1.807) is 12.1 Å². The molecular weight excluding hydrogens is 203 g/mol. The van der Waals surface area contributed by atoms with Gasteiger partial charge in [0.15, 0.2) is 0 Å². The summed E-state index contributed by atoms with van der Waals surface area (Å²) >= 11 is 0. The third kappa shape index (κ3) is 2.53. The number of hydrogen-bond acceptors (Lipinski definition) is 2. The van der Waals surface area contributed by atoms with E-state index in [0.29, 0.717) is 12.1 Å². The minimum atomic E-state index is -0.158. The summed E-state index contributed by atoms with van der Waals surface area (Å²) in [5.41, 5.74) is 0.989. The molecule has 1 aliphatic heterocycles. The molecule has 1 N–H and O–H groups in total. The first-order chi connectivity index (χ1) is 7.66. The van der Waals surface area contributed by atoms with Crippen LogP contribution in [-0.2, 0) is 0 Å². The molecule has 2 atom stereocenters. The van der Waals surface area contributed by atoms with E-state index in [0.717, 1.165) is 25.2 Å². The van der Waals surface area contributed by atoms with Gasteiger partial charge in [0.2, 0.25) is 0 Å². The van der Waals surface area contributed by atoms with Crippen molar-refractivity contribution in [2.24, 2.45) is 0 Å². The first-order valence-corrected chi connectivity index (χ1v) is 5.92. The predicted molar refractivity (Wildman–Crippen MR) is 65.3 cm³/mol. The minimum absolute atomic E-state index is 0.158. The third-order valence-corrected chi connectivity index (χ3v) is 3.20. The molecule has 2 unspecified atom stereocenters. The average molecular weight is 222 g/mol. The number of nitrogens with zero attached hydrogens (tertiary/aromatic N) is 1. The van der Waals surface area contributed by atoms with Crippen molar-refractivity contribution in [3.05, 3.63) is 30.1 Å². The summed E-state index contributed by atoms with van der Waals surface area (Å²) < 4.78 is 13.2. The molecule has 16 heavy (non-hydrogen) atoms. The van der Waals surface area contributed by atoms with Gasteiger partial charge < -0.3 is 10.2 Å². The number of nitrogens with one attached hydrogen (secondary N) is 1. The number of hydrogen-bond donors (Lipinski definition) is 1. The molecule has 1 aromatic carbocycles. The molecule has 2 nitrogen and oxygen atoms in total. The maximum absolute atomic E-state index is 13.2. The maximum atomic E-state index is 13.2. The molecule has 0 spiro atoms. The van der Waals surface area contributed by atoms with Crippen LogP contribution in [0.25, 0.3) is 0 Å². The molecule has 1 aromatic rings. The van der Waals surface area contributed by atoms with Crippen LogP contribution in [0, 0.1) is 5.82 Å². The Bertz CT molecular complexity index is 354. The van der Waals surface area contributed by atoms with Gasteiger partial charge in [-0.05, 0) is 45.0 Å². The molecule has 0 aromatic heterocycles. The lowest BCUT2D eigenvalue weighted by Crippen LogP contribution is -2.38. The molecule has 1 heterocycles. The van der Waals surface area contributed by atoms with Crippen LogP contribution in [0.2, 0.25) is 0 Å². The Morgan fingerprint density at radius 1 is 1.38 bits per heavy atom. The largest absolute Gasteiger partial charge is 0.367 e. The zero-order valence-electron chi connectivity index (χ0n) is 9.91. The summed E-state index contributed by atoms with van der Waals surface area (Å²) in [6, 6.07) is 7.78. The molecule has 1 fully saturated rings. The SMILES string of the molecule is CC1CN(c2cccc(F)c2)C(C)CCN1. The summed E-state index contributed by atoms with van der Waals surface area (Å²) in [7, 11) is 0. The van der Waals surface area contributed by atoms with Gasteiger partial charge in [-0.3, -0.25) is 0 Å². The Morgan fingerprint density at radius 3 is 2.94 bits per heavy atom. The van der Waals surface area contributed by atoms with Crippen LogP contribution >= 0.6 is 0 Å². The normalized spacial score (nSPS) is 26.6. The second kappa shape index (κ2) is 4.83. The molecule has 2 rings (SSSR count). The quantitative estimate of drug-likeness (QED) is 0.785. The molecule has 1 aliphatic rings. The Hall–Kier alpha value is -1.09. The van der Waals surface area contributed by atoms with Crippen LogP contribution in [0.1, 0.15) is 20.3 Å². The number of rotatable bonds is 1. The lowest BCUT2D eigenvalue weighted by molar-refractivity contribution is 0.583. The lowest BCUT2D eigenvalue weighted by atomic mass is 10.1. The van der Waals surface area contributed by atoms with Gasteiger partial charge in [0.25, 0.3) is 0 Å². The van der Waals surface area contributed by atoms with E-state index in [2.05, 4.69) is 24.1 Å². The zero-order chi connectivity index (χ0) is 11.5. The minimum Gasteiger partial charge on any atom is -0.367 e. The fraction of sp³-hybridized carbons (Fsp3) is 0.538. The van der Waals surface area contributed by atoms with Gasteiger partial charge in [-0.1, -0.05) is 6.07 Å². The molecule has 3 heteroatoms. The van der Waals surface area contributed by atoms with E-state index in [-0.39, 0.29) is 5.82 Å². The average Bonchev–Trinajstić information content (AvgIpc) is 2.41. The molecular formula is C13H19FN2. The van der Waals surface area contributed by atoms with Gasteiger partial charge in [-0.2, -0.15) is 0 Å². The number of anilines is 1. The van der Waals surface area contributed by atoms with Gasteiger partial charge in [0.05, 0.1) is 0 Å². The lowest BCUT2D eigenvalue weighted by Gasteiger charge is -2.30. The van der Waals surface area contributed by atoms with Crippen LogP contribution in [0.4, 0.5) is 10.1 Å². The van der Waals surface area contributed by atoms with Crippen molar-refractivity contribution in [1.29, 1.82) is 0 Å². The first-order valence-electron chi connectivity index (χ1n) is 5.92. The van der Waals surface area contributed by atoms with Crippen LogP contribution < -0.4 is 10.2 Å². The van der Waals surface area contributed by atoms with E-state index in [1.807, 2.05) is 6.07 Å². The second-order valence-electron chi connectivity index (χ2n) is 4.63. The number of benzene rings is 1. The fourth-order valence-corrected chi connectivity index (χ4v) is 2.25. The van der Waals surface area contributed by atoms with E-state index in [1.165, 1.54) is 6.07 Å². The maximum Gasteiger partial charge on any atom is 0.125 e. The highest BCUT2D eigenvalue weighted by molar-refractivity contribution is 5.47. The second-order valence-corrected chi connectivity index (χ2v) is 4.63. The molecule has 0 radical (unpaired) electrons. The standard InChI is InChI=1S/C13H19FN2/c1-10-9-16(11(2)6-7-15-10)13-5-3-4-12(14)8-13/h3-5,8,10-11,15H,6-7,9H2,1-2H3. The molecule has 88 valence electrons. The van der Waals surface area contributed by atoms with E-state index >= 15 is 0 Å². The molecule has 0 amide bonds. The molecule has 0 bridgehead atoms. The van der Waals surface area contributed by atoms with Crippen molar-refractivity contribution in [2.45, 2.75) is 32.4 Å². The number of halogens is 1. The predicted octanol–water partition coefficient (Wildman–Crippen LogP) is 2.40. The first kappa shape index (κ1) is 11.4. The highest BCUT2D eigenvalue weighted by Crippen LogP contribution is 2.21. The molecule has 0 aliphatic carbocycles. The van der Waals surface area contributed by atoms with Crippen molar-refractivity contribution in [1.82, 2.24) is 5.32 Å². The monoisotopic (exact) mass is 222 g/mol. The third-order valence-electron chi connectivity index (χ3n) is 3.20. The highest BCUT2D eigenvalue weighted by Gasteiger charge is 2.20. The van der Waals surface area contributed by atoms with E-state index in [9.17, 15) is 4.39 Å². The van der Waals surface area contributed by atoms with Crippen LogP contribution in [0.5, 0.6) is 0 Å². The highest BCUT2D eigenvalue weighted by atomic mass is 19.1. The van der Waals surface area contributed by atoms with Crippen LogP contribution in [-0.4, -0.2) is 25.2 Å². The summed E-state index contributed by atoms with van der Waals surface area (Å²) in [5, 5.41) is 3.45. The smallest absolute Gasteiger partial charge is 0.125 e. The Morgan fingerprint density at radius 2 is 2.19 bits per heavy atom. The summed E-state index contributed by atoms with van der Waals surface area (Å²) in [4.78, 5) is 2.29. The van der Waals surface area contributed by atoms with Gasteiger partial charge in [-0.15, -0.1) is 0 Å². The topological polar surface area (TPSA) is 15.3 Å². The van der Waals surface area contributed by atoms with Crippen LogP contribution in [0.3, 0.4) is 0 Å². The fourth-order valence-electron chi connectivity index (χ4n) is 2.25. The van der Waals surface area contributed by atoms with Gasteiger partial charge in [0.1, 0.15) is 5.82 Å². The summed E-state index contributed by atoms with van der Waals surface area (Å²) in [5.74, 6) is -0.158. The Labute approximate surface area is 96.5 Å². The van der Waals surface area contributed by atoms with E-state index in [4.69, 9.17) is 0 Å². The van der Waals surface area contributed by atoms with Gasteiger partial charge in [-0.25, -0.2) is 4.39 Å². The van der Waals surface area contributed by atoms with Gasteiger partial charge >= 0.3 is 0 Å². The van der Waals surface area contributed by atoms with E-state index < -0.39 is 0 Å². The van der Waals surface area contributed by atoms with Crippen molar-refractivity contribution in [3.63, 3.8) is 0 Å². The Kier molecular flexibility index (Phi) is 3.44. The van der Waals surface area contributed by atoms with Crippen molar-refractivity contribution in [3.8, 4) is 0 Å². The van der Waals surface area contributed by atoms with Crippen molar-refractivity contribution < 1.29 is 4.39 Å². The summed E-state index contributed by atoms with van der Waals surface area (Å²) in [6.45, 7) is 6.34.